The number of fused-ring (bicyclic) bond motifs is 1. The molecule has 10 nitrogen and oxygen atoms in total. The summed E-state index contributed by atoms with van der Waals surface area (Å²) in [5, 5.41) is 8.02. The molecule has 0 bridgehead atoms. The molecular formula is C21H20ClN7O3. The average Bonchev–Trinajstić information content (AvgIpc) is 3.23. The molecule has 0 spiro atoms. The van der Waals surface area contributed by atoms with E-state index in [-0.39, 0.29) is 11.8 Å². The lowest BCUT2D eigenvalue weighted by Crippen LogP contribution is -2.34. The summed E-state index contributed by atoms with van der Waals surface area (Å²) < 4.78 is 12.6. The molecule has 1 unspecified atom stereocenters. The number of anilines is 1. The predicted octanol–water partition coefficient (Wildman–Crippen LogP) is 2.99. The zero-order valence-corrected chi connectivity index (χ0v) is 18.2. The first-order chi connectivity index (χ1) is 15.6. The van der Waals surface area contributed by atoms with E-state index in [9.17, 15) is 4.79 Å². The summed E-state index contributed by atoms with van der Waals surface area (Å²) in [7, 11) is 1.56. The zero-order chi connectivity index (χ0) is 22.5. The van der Waals surface area contributed by atoms with Crippen molar-refractivity contribution in [2.75, 3.05) is 19.0 Å². The van der Waals surface area contributed by atoms with Crippen molar-refractivity contribution in [2.24, 2.45) is 0 Å². The van der Waals surface area contributed by atoms with Gasteiger partial charge in [-0.25, -0.2) is 19.9 Å². The van der Waals surface area contributed by atoms with Gasteiger partial charge in [-0.05, 0) is 30.7 Å². The van der Waals surface area contributed by atoms with Crippen LogP contribution in [0.25, 0.3) is 16.9 Å². The number of nitrogens with one attached hydrogen (secondary N) is 1. The summed E-state index contributed by atoms with van der Waals surface area (Å²) in [6, 6.07) is 7.02. The maximum absolute atomic E-state index is 12.9. The molecule has 0 aliphatic rings. The van der Waals surface area contributed by atoms with Crippen LogP contribution in [-0.2, 0) is 9.53 Å². The number of carbonyl (C=O) groups is 1. The molecule has 0 fully saturated rings. The molecular weight excluding hydrogens is 434 g/mol. The van der Waals surface area contributed by atoms with E-state index in [1.165, 1.54) is 11.0 Å². The molecule has 32 heavy (non-hydrogen) atoms. The summed E-state index contributed by atoms with van der Waals surface area (Å²) in [6.45, 7) is 2.23. The van der Waals surface area contributed by atoms with Crippen molar-refractivity contribution >= 4 is 34.4 Å². The van der Waals surface area contributed by atoms with Crippen LogP contribution in [0.5, 0.6) is 5.88 Å². The van der Waals surface area contributed by atoms with Gasteiger partial charge in [0, 0.05) is 25.9 Å². The number of pyridine rings is 2. The van der Waals surface area contributed by atoms with E-state index in [4.69, 9.17) is 21.1 Å². The highest BCUT2D eigenvalue weighted by molar-refractivity contribution is 6.32. The van der Waals surface area contributed by atoms with Crippen LogP contribution in [0.15, 0.2) is 49.2 Å². The van der Waals surface area contributed by atoms with Crippen LogP contribution in [0.1, 0.15) is 12.0 Å². The van der Waals surface area contributed by atoms with Crippen molar-refractivity contribution in [2.45, 2.75) is 19.4 Å². The summed E-state index contributed by atoms with van der Waals surface area (Å²) in [5.74, 6) is 0.691. The highest BCUT2D eigenvalue weighted by Gasteiger charge is 2.24. The van der Waals surface area contributed by atoms with E-state index in [1.807, 2.05) is 13.0 Å². The van der Waals surface area contributed by atoms with Crippen LogP contribution in [0.3, 0.4) is 0 Å². The number of amides is 1. The molecule has 0 aliphatic heterocycles. The van der Waals surface area contributed by atoms with Gasteiger partial charge in [-0.2, -0.15) is 9.78 Å². The summed E-state index contributed by atoms with van der Waals surface area (Å²) >= 11 is 6.25. The summed E-state index contributed by atoms with van der Waals surface area (Å²) in [4.78, 5) is 29.9. The number of rotatable bonds is 8. The second kappa shape index (κ2) is 9.67. The predicted molar refractivity (Wildman–Crippen MR) is 118 cm³/mol. The lowest BCUT2D eigenvalue weighted by molar-refractivity contribution is -0.123. The molecule has 4 aromatic rings. The number of halogens is 1. The second-order valence-electron chi connectivity index (χ2n) is 6.88. The van der Waals surface area contributed by atoms with Crippen molar-refractivity contribution in [3.8, 4) is 11.7 Å². The van der Waals surface area contributed by atoms with Crippen molar-refractivity contribution in [1.82, 2.24) is 29.7 Å². The molecule has 4 heterocycles. The number of hydrogen-bond donors (Lipinski definition) is 1. The van der Waals surface area contributed by atoms with Gasteiger partial charge in [-0.15, -0.1) is 0 Å². The Bertz CT molecular complexity index is 1230. The number of methoxy groups -OCH3 is 1. The SMILES string of the molecule is COCCC(Oc1ncnc2c1cnn2-c1ncccc1Cl)C(=O)Nc1ccc(C)cn1. The minimum atomic E-state index is -0.877. The van der Waals surface area contributed by atoms with Gasteiger partial charge in [0.05, 0.1) is 17.8 Å². The number of aromatic nitrogens is 6. The Morgan fingerprint density at radius 1 is 1.19 bits per heavy atom. The lowest BCUT2D eigenvalue weighted by Gasteiger charge is -2.18. The van der Waals surface area contributed by atoms with E-state index in [0.717, 1.165) is 5.56 Å². The van der Waals surface area contributed by atoms with Gasteiger partial charge >= 0.3 is 0 Å². The minimum absolute atomic E-state index is 0.210. The Morgan fingerprint density at radius 2 is 2.06 bits per heavy atom. The smallest absolute Gasteiger partial charge is 0.266 e. The molecule has 4 aromatic heterocycles. The fourth-order valence-corrected chi connectivity index (χ4v) is 3.16. The molecule has 0 saturated heterocycles. The van der Waals surface area contributed by atoms with Gasteiger partial charge in [-0.3, -0.25) is 4.79 Å². The van der Waals surface area contributed by atoms with E-state index < -0.39 is 6.10 Å². The Hall–Kier alpha value is -3.63. The largest absolute Gasteiger partial charge is 0.464 e. The fraction of sp³-hybridized carbons (Fsp3) is 0.238. The number of ether oxygens (including phenoxy) is 2. The Balaban J connectivity index is 1.62. The Labute approximate surface area is 188 Å². The average molecular weight is 454 g/mol. The molecule has 0 aliphatic carbocycles. The Kier molecular flexibility index (Phi) is 6.52. The minimum Gasteiger partial charge on any atom is -0.464 e. The van der Waals surface area contributed by atoms with Crippen molar-refractivity contribution in [3.05, 3.63) is 59.8 Å². The maximum Gasteiger partial charge on any atom is 0.266 e. The van der Waals surface area contributed by atoms with Crippen molar-refractivity contribution < 1.29 is 14.3 Å². The summed E-state index contributed by atoms with van der Waals surface area (Å²) in [6.07, 6.45) is 5.59. The van der Waals surface area contributed by atoms with Gasteiger partial charge < -0.3 is 14.8 Å². The van der Waals surface area contributed by atoms with E-state index >= 15 is 0 Å². The molecule has 1 atom stereocenters. The van der Waals surface area contributed by atoms with Crippen LogP contribution in [0, 0.1) is 6.92 Å². The highest BCUT2D eigenvalue weighted by atomic mass is 35.5. The third-order valence-electron chi connectivity index (χ3n) is 4.56. The van der Waals surface area contributed by atoms with Crippen molar-refractivity contribution in [3.63, 3.8) is 0 Å². The first-order valence-corrected chi connectivity index (χ1v) is 10.1. The third kappa shape index (κ3) is 4.66. The van der Waals surface area contributed by atoms with Crippen LogP contribution < -0.4 is 10.1 Å². The van der Waals surface area contributed by atoms with Crippen LogP contribution >= 0.6 is 11.6 Å². The molecule has 1 N–H and O–H groups in total. The molecule has 0 saturated carbocycles. The second-order valence-corrected chi connectivity index (χ2v) is 7.29. The normalized spacial score (nSPS) is 12.0. The van der Waals surface area contributed by atoms with E-state index in [0.29, 0.717) is 40.7 Å². The first-order valence-electron chi connectivity index (χ1n) is 9.75. The van der Waals surface area contributed by atoms with Crippen LogP contribution in [0.2, 0.25) is 5.02 Å². The first kappa shape index (κ1) is 21.6. The molecule has 164 valence electrons. The third-order valence-corrected chi connectivity index (χ3v) is 4.86. The monoisotopic (exact) mass is 453 g/mol. The topological polar surface area (TPSA) is 117 Å². The van der Waals surface area contributed by atoms with E-state index in [1.54, 1.807) is 43.9 Å². The number of nitrogens with zero attached hydrogens (tertiary/aromatic N) is 6. The molecule has 1 amide bonds. The number of hydrogen-bond acceptors (Lipinski definition) is 8. The number of aryl methyl sites for hydroxylation is 1. The van der Waals surface area contributed by atoms with Gasteiger partial charge in [0.1, 0.15) is 17.5 Å². The summed E-state index contributed by atoms with van der Waals surface area (Å²) in [5.41, 5.74) is 1.44. The van der Waals surface area contributed by atoms with Gasteiger partial charge in [0.15, 0.2) is 17.6 Å². The van der Waals surface area contributed by atoms with Gasteiger partial charge in [0.25, 0.3) is 5.91 Å². The molecule has 0 radical (unpaired) electrons. The van der Waals surface area contributed by atoms with Crippen LogP contribution in [0.4, 0.5) is 5.82 Å². The van der Waals surface area contributed by atoms with Gasteiger partial charge in [0.2, 0.25) is 5.88 Å². The quantitative estimate of drug-likeness (QED) is 0.432. The van der Waals surface area contributed by atoms with Crippen molar-refractivity contribution in [1.29, 1.82) is 0 Å². The molecule has 11 heteroatoms. The zero-order valence-electron chi connectivity index (χ0n) is 17.4. The standard InChI is InChI=1S/C21H20ClN7O3/c1-13-5-6-17(24-10-13)28-20(30)16(7-9-31-2)32-21-14-11-27-29(18(14)25-12-26-21)19-15(22)4-3-8-23-19/h3-6,8,10-12,16H,7,9H2,1-2H3,(H,24,28,30). The number of carbonyl (C=O) groups excluding carboxylic acids is 1. The highest BCUT2D eigenvalue weighted by Crippen LogP contribution is 2.26. The Morgan fingerprint density at radius 3 is 2.81 bits per heavy atom. The lowest BCUT2D eigenvalue weighted by atomic mass is 10.2. The van der Waals surface area contributed by atoms with Gasteiger partial charge in [-0.1, -0.05) is 17.7 Å². The maximum atomic E-state index is 12.9. The molecule has 0 aromatic carbocycles. The van der Waals surface area contributed by atoms with E-state index in [2.05, 4.69) is 30.4 Å². The fourth-order valence-electron chi connectivity index (χ4n) is 2.96. The van der Waals surface area contributed by atoms with Crippen LogP contribution in [-0.4, -0.2) is 55.4 Å². The molecule has 4 rings (SSSR count).